The molecule has 0 fully saturated rings. The first-order chi connectivity index (χ1) is 9.69. The van der Waals surface area contributed by atoms with Gasteiger partial charge in [-0.2, -0.15) is 0 Å². The van der Waals surface area contributed by atoms with Crippen molar-refractivity contribution in [3.63, 3.8) is 0 Å². The molecule has 2 heteroatoms. The monoisotopic (exact) mass is 266 g/mol. The minimum Gasteiger partial charge on any atom is -0.507 e. The van der Waals surface area contributed by atoms with Crippen molar-refractivity contribution in [3.8, 4) is 22.6 Å². The van der Waals surface area contributed by atoms with Gasteiger partial charge in [-0.15, -0.1) is 13.2 Å². The Morgan fingerprint density at radius 2 is 1.55 bits per heavy atom. The van der Waals surface area contributed by atoms with Crippen LogP contribution in [0, 0.1) is 0 Å². The van der Waals surface area contributed by atoms with Gasteiger partial charge in [-0.25, -0.2) is 0 Å². The lowest BCUT2D eigenvalue weighted by molar-refractivity contribution is 0.465. The smallest absolute Gasteiger partial charge is 0.127 e. The Balaban J connectivity index is 2.61. The van der Waals surface area contributed by atoms with Crippen LogP contribution in [0.2, 0.25) is 0 Å². The van der Waals surface area contributed by atoms with Crippen molar-refractivity contribution in [3.05, 3.63) is 72.8 Å². The molecule has 0 unspecified atom stereocenters. The number of benzene rings is 2. The van der Waals surface area contributed by atoms with Crippen molar-refractivity contribution < 1.29 is 10.2 Å². The third-order valence-corrected chi connectivity index (χ3v) is 3.29. The van der Waals surface area contributed by atoms with Crippen molar-refractivity contribution in [2.45, 2.75) is 12.8 Å². The van der Waals surface area contributed by atoms with Crippen LogP contribution in [0.3, 0.4) is 0 Å². The molecule has 2 nitrogen and oxygen atoms in total. The molecular formula is C18H18O2. The number of hydrogen-bond donors (Lipinski definition) is 2. The third kappa shape index (κ3) is 2.59. The zero-order valence-electron chi connectivity index (χ0n) is 11.3. The Morgan fingerprint density at radius 1 is 0.850 bits per heavy atom. The molecule has 0 spiro atoms. The molecule has 0 atom stereocenters. The molecule has 0 aliphatic carbocycles. The molecule has 0 aliphatic rings. The van der Waals surface area contributed by atoms with E-state index in [2.05, 4.69) is 13.2 Å². The second kappa shape index (κ2) is 6.11. The third-order valence-electron chi connectivity index (χ3n) is 3.29. The molecule has 2 aromatic carbocycles. The largest absolute Gasteiger partial charge is 0.507 e. The predicted octanol–water partition coefficient (Wildman–Crippen LogP) is 4.22. The zero-order valence-corrected chi connectivity index (χ0v) is 11.3. The Kier molecular flexibility index (Phi) is 4.26. The summed E-state index contributed by atoms with van der Waals surface area (Å²) in [7, 11) is 0. The van der Waals surface area contributed by atoms with Gasteiger partial charge in [0.25, 0.3) is 0 Å². The Morgan fingerprint density at radius 3 is 2.20 bits per heavy atom. The number of phenolic OH excluding ortho intramolecular Hbond substituents is 2. The minimum atomic E-state index is 0.156. The first-order valence-corrected chi connectivity index (χ1v) is 6.53. The van der Waals surface area contributed by atoms with Gasteiger partial charge in [0, 0.05) is 16.7 Å². The second-order valence-electron chi connectivity index (χ2n) is 4.60. The highest BCUT2D eigenvalue weighted by Gasteiger charge is 2.14. The molecular weight excluding hydrogens is 248 g/mol. The van der Waals surface area contributed by atoms with Gasteiger partial charge in [-0.3, -0.25) is 0 Å². The summed E-state index contributed by atoms with van der Waals surface area (Å²) in [4.78, 5) is 0. The zero-order chi connectivity index (χ0) is 14.5. The van der Waals surface area contributed by atoms with E-state index in [0.29, 0.717) is 24.0 Å². The van der Waals surface area contributed by atoms with Crippen LogP contribution in [0.1, 0.15) is 11.1 Å². The van der Waals surface area contributed by atoms with Gasteiger partial charge in [0.1, 0.15) is 11.5 Å². The number of rotatable bonds is 5. The molecule has 0 saturated carbocycles. The summed E-state index contributed by atoms with van der Waals surface area (Å²) in [5.74, 6) is 0.356. The number of aromatic hydroxyl groups is 2. The minimum absolute atomic E-state index is 0.156. The summed E-state index contributed by atoms with van der Waals surface area (Å²) in [6, 6.07) is 10.8. The Labute approximate surface area is 119 Å². The highest BCUT2D eigenvalue weighted by Crippen LogP contribution is 2.38. The van der Waals surface area contributed by atoms with Crippen molar-refractivity contribution in [2.24, 2.45) is 0 Å². The summed E-state index contributed by atoms with van der Waals surface area (Å²) in [5, 5.41) is 20.4. The number of hydrogen-bond acceptors (Lipinski definition) is 2. The Hall–Kier alpha value is -2.48. The van der Waals surface area contributed by atoms with E-state index in [1.807, 2.05) is 18.2 Å². The Bertz CT molecular complexity index is 642. The molecule has 0 amide bonds. The van der Waals surface area contributed by atoms with Gasteiger partial charge in [-0.1, -0.05) is 42.5 Å². The van der Waals surface area contributed by atoms with E-state index in [-0.39, 0.29) is 11.5 Å². The quantitative estimate of drug-likeness (QED) is 0.795. The molecule has 0 heterocycles. The van der Waals surface area contributed by atoms with E-state index in [1.165, 1.54) is 0 Å². The maximum absolute atomic E-state index is 10.5. The van der Waals surface area contributed by atoms with Crippen LogP contribution in [-0.2, 0) is 12.8 Å². The van der Waals surface area contributed by atoms with Crippen molar-refractivity contribution in [2.75, 3.05) is 0 Å². The van der Waals surface area contributed by atoms with E-state index in [9.17, 15) is 10.2 Å². The van der Waals surface area contributed by atoms with E-state index in [0.717, 1.165) is 11.1 Å². The summed E-state index contributed by atoms with van der Waals surface area (Å²) in [5.41, 5.74) is 3.12. The maximum Gasteiger partial charge on any atom is 0.127 e. The second-order valence-corrected chi connectivity index (χ2v) is 4.60. The lowest BCUT2D eigenvalue weighted by Gasteiger charge is -2.14. The van der Waals surface area contributed by atoms with Gasteiger partial charge in [-0.05, 0) is 24.5 Å². The van der Waals surface area contributed by atoms with Crippen LogP contribution in [-0.4, -0.2) is 10.2 Å². The molecule has 2 rings (SSSR count). The van der Waals surface area contributed by atoms with Gasteiger partial charge < -0.3 is 10.2 Å². The van der Waals surface area contributed by atoms with Crippen molar-refractivity contribution in [1.29, 1.82) is 0 Å². The lowest BCUT2D eigenvalue weighted by Crippen LogP contribution is -1.95. The topological polar surface area (TPSA) is 40.5 Å². The molecule has 0 radical (unpaired) electrons. The fourth-order valence-electron chi connectivity index (χ4n) is 2.32. The van der Waals surface area contributed by atoms with E-state index in [1.54, 1.807) is 30.4 Å². The molecule has 0 bridgehead atoms. The van der Waals surface area contributed by atoms with Crippen LogP contribution >= 0.6 is 0 Å². The first-order valence-electron chi connectivity index (χ1n) is 6.53. The fourth-order valence-corrected chi connectivity index (χ4v) is 2.32. The number of para-hydroxylation sites is 1. The summed E-state index contributed by atoms with van der Waals surface area (Å²) >= 11 is 0. The van der Waals surface area contributed by atoms with Gasteiger partial charge in [0.15, 0.2) is 0 Å². The number of phenols is 2. The average Bonchev–Trinajstić information content (AvgIpc) is 2.44. The fraction of sp³-hybridized carbons (Fsp3) is 0.111. The van der Waals surface area contributed by atoms with Crippen molar-refractivity contribution >= 4 is 0 Å². The van der Waals surface area contributed by atoms with Gasteiger partial charge in [0.2, 0.25) is 0 Å². The average molecular weight is 266 g/mol. The molecule has 0 saturated heterocycles. The molecule has 20 heavy (non-hydrogen) atoms. The molecule has 102 valence electrons. The number of allylic oxidation sites excluding steroid dienone is 2. The van der Waals surface area contributed by atoms with Crippen LogP contribution in [0.25, 0.3) is 11.1 Å². The highest BCUT2D eigenvalue weighted by atomic mass is 16.3. The van der Waals surface area contributed by atoms with E-state index in [4.69, 9.17) is 0 Å². The van der Waals surface area contributed by atoms with E-state index >= 15 is 0 Å². The molecule has 2 aromatic rings. The van der Waals surface area contributed by atoms with Crippen LogP contribution in [0.4, 0.5) is 0 Å². The van der Waals surface area contributed by atoms with E-state index < -0.39 is 0 Å². The van der Waals surface area contributed by atoms with Gasteiger partial charge in [0.05, 0.1) is 0 Å². The first kappa shape index (κ1) is 13.9. The normalized spacial score (nSPS) is 10.2. The molecule has 0 aromatic heterocycles. The van der Waals surface area contributed by atoms with Crippen LogP contribution < -0.4 is 0 Å². The predicted molar refractivity (Wildman–Crippen MR) is 83.0 cm³/mol. The summed E-state index contributed by atoms with van der Waals surface area (Å²) < 4.78 is 0. The summed E-state index contributed by atoms with van der Waals surface area (Å²) in [6.07, 6.45) is 4.84. The molecule has 2 N–H and O–H groups in total. The SMILES string of the molecule is C=CCc1ccc(-c2ccccc2O)c(O)c1CC=C. The van der Waals surface area contributed by atoms with Gasteiger partial charge >= 0.3 is 0 Å². The molecule has 0 aliphatic heterocycles. The highest BCUT2D eigenvalue weighted by molar-refractivity contribution is 5.77. The lowest BCUT2D eigenvalue weighted by atomic mass is 9.94. The standard InChI is InChI=1S/C18H18O2/c1-3-7-13-11-12-16(18(20)14(13)8-4-2)15-9-5-6-10-17(15)19/h3-6,9-12,19-20H,1-2,7-8H2. The maximum atomic E-state index is 10.5. The summed E-state index contributed by atoms with van der Waals surface area (Å²) in [6.45, 7) is 7.47. The van der Waals surface area contributed by atoms with Crippen LogP contribution in [0.15, 0.2) is 61.7 Å². The van der Waals surface area contributed by atoms with Crippen LogP contribution in [0.5, 0.6) is 11.5 Å². The van der Waals surface area contributed by atoms with Crippen molar-refractivity contribution in [1.82, 2.24) is 0 Å².